The van der Waals surface area contributed by atoms with Gasteiger partial charge in [0.05, 0.1) is 5.69 Å². The van der Waals surface area contributed by atoms with Gasteiger partial charge in [0.2, 0.25) is 0 Å². The van der Waals surface area contributed by atoms with Crippen molar-refractivity contribution in [3.63, 3.8) is 0 Å². The molecule has 0 aliphatic rings. The van der Waals surface area contributed by atoms with Crippen LogP contribution in [0.25, 0.3) is 0 Å². The fourth-order valence-corrected chi connectivity index (χ4v) is 3.66. The number of carbonyl (C=O) groups excluding carboxylic acids is 1. The van der Waals surface area contributed by atoms with Crippen LogP contribution >= 0.6 is 43.5 Å². The van der Waals surface area contributed by atoms with Gasteiger partial charge in [0.1, 0.15) is 0 Å². The van der Waals surface area contributed by atoms with Crippen LogP contribution in [-0.2, 0) is 9.63 Å². The van der Waals surface area contributed by atoms with Crippen LogP contribution in [0.15, 0.2) is 50.5 Å². The van der Waals surface area contributed by atoms with E-state index in [9.17, 15) is 4.79 Å². The molecule has 2 rings (SSSR count). The van der Waals surface area contributed by atoms with Crippen LogP contribution in [0.1, 0.15) is 11.1 Å². The van der Waals surface area contributed by atoms with Gasteiger partial charge in [-0.2, -0.15) is 0 Å². The molecule has 0 heterocycles. The first-order chi connectivity index (χ1) is 11.4. The van der Waals surface area contributed by atoms with Crippen LogP contribution < -0.4 is 11.1 Å². The SMILES string of the molecule is Cc1cc(Br)c(NC(=O)CO/N=C(\N)c2cccc(Cl)c2)c(Br)c1. The lowest BCUT2D eigenvalue weighted by Gasteiger charge is -2.10. The smallest absolute Gasteiger partial charge is 0.265 e. The zero-order valence-corrected chi connectivity index (χ0v) is 16.6. The standard InChI is InChI=1S/C16H14Br2ClN3O2/c1-9-5-12(17)15(13(18)6-9)21-14(23)8-24-22-16(20)10-3-2-4-11(19)7-10/h2-7H,8H2,1H3,(H2,20,22)(H,21,23). The van der Waals surface area contributed by atoms with Crippen molar-refractivity contribution in [3.8, 4) is 0 Å². The van der Waals surface area contributed by atoms with E-state index in [1.54, 1.807) is 24.3 Å². The zero-order chi connectivity index (χ0) is 17.7. The van der Waals surface area contributed by atoms with Gasteiger partial charge in [-0.1, -0.05) is 28.9 Å². The lowest BCUT2D eigenvalue weighted by Crippen LogP contribution is -2.20. The minimum atomic E-state index is -0.358. The van der Waals surface area contributed by atoms with Gasteiger partial charge >= 0.3 is 0 Å². The molecule has 0 unspecified atom stereocenters. The van der Waals surface area contributed by atoms with E-state index in [1.807, 2.05) is 19.1 Å². The highest BCUT2D eigenvalue weighted by molar-refractivity contribution is 9.11. The summed E-state index contributed by atoms with van der Waals surface area (Å²) >= 11 is 12.7. The summed E-state index contributed by atoms with van der Waals surface area (Å²) in [5.41, 5.74) is 8.09. The monoisotopic (exact) mass is 473 g/mol. The molecule has 2 aromatic carbocycles. The third-order valence-corrected chi connectivity index (χ3v) is 4.42. The molecule has 0 radical (unpaired) electrons. The lowest BCUT2D eigenvalue weighted by atomic mass is 10.2. The average molecular weight is 476 g/mol. The van der Waals surface area contributed by atoms with Gasteiger partial charge in [-0.25, -0.2) is 0 Å². The molecule has 0 aliphatic heterocycles. The number of benzene rings is 2. The van der Waals surface area contributed by atoms with Crippen molar-refractivity contribution >= 4 is 60.9 Å². The minimum absolute atomic E-state index is 0.142. The molecule has 0 aromatic heterocycles. The zero-order valence-electron chi connectivity index (χ0n) is 12.6. The van der Waals surface area contributed by atoms with Crippen LogP contribution in [0.5, 0.6) is 0 Å². The van der Waals surface area contributed by atoms with Crippen molar-refractivity contribution in [3.05, 3.63) is 61.5 Å². The number of oxime groups is 1. The molecule has 1 amide bonds. The molecule has 0 bridgehead atoms. The van der Waals surface area contributed by atoms with Crippen molar-refractivity contribution in [2.75, 3.05) is 11.9 Å². The highest BCUT2D eigenvalue weighted by atomic mass is 79.9. The molecule has 3 N–H and O–H groups in total. The topological polar surface area (TPSA) is 76.7 Å². The van der Waals surface area contributed by atoms with Crippen LogP contribution in [0.4, 0.5) is 5.69 Å². The number of rotatable bonds is 5. The van der Waals surface area contributed by atoms with E-state index in [4.69, 9.17) is 22.2 Å². The Balaban J connectivity index is 1.95. The number of anilines is 1. The molecular formula is C16H14Br2ClN3O2. The summed E-state index contributed by atoms with van der Waals surface area (Å²) in [5, 5.41) is 7.01. The van der Waals surface area contributed by atoms with Crippen LogP contribution in [0.3, 0.4) is 0 Å². The van der Waals surface area contributed by atoms with Gasteiger partial charge in [0.15, 0.2) is 12.4 Å². The minimum Gasteiger partial charge on any atom is -0.384 e. The number of hydrogen-bond donors (Lipinski definition) is 2. The first-order valence-electron chi connectivity index (χ1n) is 6.83. The molecule has 24 heavy (non-hydrogen) atoms. The highest BCUT2D eigenvalue weighted by Gasteiger charge is 2.11. The molecule has 2 aromatic rings. The summed E-state index contributed by atoms with van der Waals surface area (Å²) in [6, 6.07) is 10.7. The first kappa shape index (κ1) is 18.8. The van der Waals surface area contributed by atoms with E-state index >= 15 is 0 Å². The Labute approximate surface area is 161 Å². The quantitative estimate of drug-likeness (QED) is 0.381. The van der Waals surface area contributed by atoms with E-state index in [2.05, 4.69) is 42.3 Å². The second-order valence-electron chi connectivity index (χ2n) is 4.91. The van der Waals surface area contributed by atoms with Gasteiger partial charge in [0, 0.05) is 19.5 Å². The van der Waals surface area contributed by atoms with E-state index < -0.39 is 0 Å². The number of halogens is 3. The number of amidine groups is 1. The van der Waals surface area contributed by atoms with Gasteiger partial charge in [-0.05, 0) is 68.6 Å². The number of nitrogens with two attached hydrogens (primary N) is 1. The maximum absolute atomic E-state index is 12.0. The van der Waals surface area contributed by atoms with E-state index in [0.717, 1.165) is 14.5 Å². The normalized spacial score (nSPS) is 11.2. The Kier molecular flexibility index (Phi) is 6.65. The third-order valence-electron chi connectivity index (χ3n) is 2.93. The van der Waals surface area contributed by atoms with E-state index in [-0.39, 0.29) is 18.3 Å². The van der Waals surface area contributed by atoms with E-state index in [1.165, 1.54) is 0 Å². The Morgan fingerprint density at radius 2 is 1.96 bits per heavy atom. The van der Waals surface area contributed by atoms with Gasteiger partial charge in [-0.15, -0.1) is 0 Å². The van der Waals surface area contributed by atoms with Crippen LogP contribution in [-0.4, -0.2) is 18.3 Å². The molecule has 0 atom stereocenters. The van der Waals surface area contributed by atoms with E-state index in [0.29, 0.717) is 16.3 Å². The molecule has 0 fully saturated rings. The molecule has 0 saturated carbocycles. The Morgan fingerprint density at radius 3 is 2.58 bits per heavy atom. The Morgan fingerprint density at radius 1 is 1.29 bits per heavy atom. The first-order valence-corrected chi connectivity index (χ1v) is 8.80. The largest absolute Gasteiger partial charge is 0.384 e. The molecule has 5 nitrogen and oxygen atoms in total. The van der Waals surface area contributed by atoms with Crippen molar-refractivity contribution in [1.82, 2.24) is 0 Å². The molecule has 0 spiro atoms. The molecule has 0 saturated heterocycles. The lowest BCUT2D eigenvalue weighted by molar-refractivity contribution is -0.120. The summed E-state index contributed by atoms with van der Waals surface area (Å²) in [6.07, 6.45) is 0. The van der Waals surface area contributed by atoms with Gasteiger partial charge < -0.3 is 15.9 Å². The van der Waals surface area contributed by atoms with Crippen molar-refractivity contribution in [1.29, 1.82) is 0 Å². The molecule has 0 aliphatic carbocycles. The maximum Gasteiger partial charge on any atom is 0.265 e. The maximum atomic E-state index is 12.0. The average Bonchev–Trinajstić information content (AvgIpc) is 2.50. The predicted molar refractivity (Wildman–Crippen MR) is 103 cm³/mol. The van der Waals surface area contributed by atoms with Crippen molar-refractivity contribution in [2.24, 2.45) is 10.9 Å². The highest BCUT2D eigenvalue weighted by Crippen LogP contribution is 2.32. The van der Waals surface area contributed by atoms with Crippen LogP contribution in [0, 0.1) is 6.92 Å². The number of hydrogen-bond acceptors (Lipinski definition) is 3. The second kappa shape index (κ2) is 8.50. The fraction of sp³-hybridized carbons (Fsp3) is 0.125. The van der Waals surface area contributed by atoms with Gasteiger partial charge in [0.25, 0.3) is 5.91 Å². The second-order valence-corrected chi connectivity index (χ2v) is 7.06. The summed E-state index contributed by atoms with van der Waals surface area (Å²) in [6.45, 7) is 1.69. The number of nitrogens with zero attached hydrogens (tertiary/aromatic N) is 1. The molecular weight excluding hydrogens is 461 g/mol. The fourth-order valence-electron chi connectivity index (χ4n) is 1.86. The number of aryl methyl sites for hydroxylation is 1. The number of amides is 1. The Bertz CT molecular complexity index is 774. The van der Waals surface area contributed by atoms with Crippen LogP contribution in [0.2, 0.25) is 5.02 Å². The van der Waals surface area contributed by atoms with Crippen molar-refractivity contribution in [2.45, 2.75) is 6.92 Å². The number of carbonyl (C=O) groups is 1. The molecule has 8 heteroatoms. The summed E-state index contributed by atoms with van der Waals surface area (Å²) < 4.78 is 1.54. The molecule has 126 valence electrons. The van der Waals surface area contributed by atoms with Gasteiger partial charge in [-0.3, -0.25) is 4.79 Å². The number of nitrogens with one attached hydrogen (secondary N) is 1. The van der Waals surface area contributed by atoms with Crippen molar-refractivity contribution < 1.29 is 9.63 Å². The third kappa shape index (κ3) is 5.22. The Hall–Kier alpha value is -1.57. The summed E-state index contributed by atoms with van der Waals surface area (Å²) in [7, 11) is 0. The summed E-state index contributed by atoms with van der Waals surface area (Å²) in [5.74, 6) is -0.217. The predicted octanol–water partition coefficient (Wildman–Crippen LogP) is 4.45. The summed E-state index contributed by atoms with van der Waals surface area (Å²) in [4.78, 5) is 17.0.